The summed E-state index contributed by atoms with van der Waals surface area (Å²) in [6.45, 7) is 13.6. The number of hydrogen-bond acceptors (Lipinski definition) is 8. The lowest BCUT2D eigenvalue weighted by atomic mass is 10.2. The van der Waals surface area contributed by atoms with Gasteiger partial charge in [0.2, 0.25) is 5.91 Å². The Bertz CT molecular complexity index is 1170. The van der Waals surface area contributed by atoms with Gasteiger partial charge in [0, 0.05) is 38.3 Å². The summed E-state index contributed by atoms with van der Waals surface area (Å²) in [5.41, 5.74) is 2.65. The van der Waals surface area contributed by atoms with Crippen LogP contribution < -0.4 is 16.0 Å². The Hall–Kier alpha value is -3.41. The minimum atomic E-state index is -0.398. The van der Waals surface area contributed by atoms with Gasteiger partial charge in [-0.1, -0.05) is 38.7 Å². The predicted octanol–water partition coefficient (Wildman–Crippen LogP) is 4.42. The summed E-state index contributed by atoms with van der Waals surface area (Å²) in [4.78, 5) is 25.9. The second-order valence-corrected chi connectivity index (χ2v) is 8.62. The number of methoxy groups -OCH3 is 1. The number of hydrogen-bond donors (Lipinski definition) is 3. The Kier molecular flexibility index (Phi) is 12.6. The molecule has 0 saturated carbocycles. The van der Waals surface area contributed by atoms with E-state index in [0.29, 0.717) is 36.2 Å². The number of halogens is 1. The van der Waals surface area contributed by atoms with Crippen LogP contribution in [0.4, 0.5) is 9.52 Å². The number of allylic oxidation sites excluding steroid dienone is 1. The van der Waals surface area contributed by atoms with Gasteiger partial charge in [0.05, 0.1) is 29.2 Å². The summed E-state index contributed by atoms with van der Waals surface area (Å²) >= 11 is 1.31. The number of carbonyl (C=O) groups is 1. The van der Waals surface area contributed by atoms with E-state index in [0.717, 1.165) is 17.1 Å². The number of pyridine rings is 1. The van der Waals surface area contributed by atoms with Gasteiger partial charge in [0.25, 0.3) is 0 Å². The molecule has 1 amide bonds. The molecule has 3 N–H and O–H groups in total. The third-order valence-corrected chi connectivity index (χ3v) is 5.93. The molecular formula is C26H36FN7O2S. The van der Waals surface area contributed by atoms with Crippen molar-refractivity contribution in [3.05, 3.63) is 60.3 Å². The fraction of sp³-hybridized carbons (Fsp3) is 0.385. The van der Waals surface area contributed by atoms with Crippen molar-refractivity contribution in [2.45, 2.75) is 40.3 Å². The van der Waals surface area contributed by atoms with Crippen LogP contribution >= 0.6 is 11.3 Å². The topological polar surface area (TPSA) is 106 Å². The quantitative estimate of drug-likeness (QED) is 0.301. The van der Waals surface area contributed by atoms with Crippen molar-refractivity contribution in [3.8, 4) is 10.6 Å². The van der Waals surface area contributed by atoms with E-state index < -0.39 is 6.04 Å². The zero-order valence-electron chi connectivity index (χ0n) is 22.0. The first-order valence-electron chi connectivity index (χ1n) is 12.2. The van der Waals surface area contributed by atoms with Gasteiger partial charge in [-0.05, 0) is 37.8 Å². The summed E-state index contributed by atoms with van der Waals surface area (Å²) in [6.07, 6.45) is 8.47. The fourth-order valence-electron chi connectivity index (χ4n) is 3.38. The standard InChI is InChI=1S/C24H30FN7O2S.C2H6/c1-5-18-20(32(15-30-18)11-10-28-23(33)19(14-34-4)26-6-2)12-16(3)31-24-29-13-21(35-24)22-17(25)8-7-9-27-22;1-2/h5,7-9,12-13,15,19,26H,1,6,10-11,14H2,2-4H3,(H,28,33)(H,29,31);1-2H3/b16-12+;. The number of carbonyl (C=O) groups excluding carboxylic acids is 1. The van der Waals surface area contributed by atoms with Gasteiger partial charge in [-0.2, -0.15) is 0 Å². The normalized spacial score (nSPS) is 11.9. The van der Waals surface area contributed by atoms with Crippen LogP contribution in [0.3, 0.4) is 0 Å². The molecule has 0 fully saturated rings. The third-order valence-electron chi connectivity index (χ3n) is 5.01. The number of nitrogens with zero attached hydrogens (tertiary/aromatic N) is 4. The Morgan fingerprint density at radius 1 is 1.32 bits per heavy atom. The third kappa shape index (κ3) is 8.59. The monoisotopic (exact) mass is 529 g/mol. The first kappa shape index (κ1) is 29.8. The highest BCUT2D eigenvalue weighted by atomic mass is 32.1. The minimum absolute atomic E-state index is 0.114. The number of likely N-dealkylation sites (N-methyl/N-ethyl adjacent to an activating group) is 1. The van der Waals surface area contributed by atoms with Crippen molar-refractivity contribution < 1.29 is 13.9 Å². The van der Waals surface area contributed by atoms with E-state index in [-0.39, 0.29) is 17.4 Å². The van der Waals surface area contributed by atoms with Crippen molar-refractivity contribution in [1.29, 1.82) is 0 Å². The van der Waals surface area contributed by atoms with Crippen LogP contribution in [-0.4, -0.2) is 58.3 Å². The highest BCUT2D eigenvalue weighted by Crippen LogP contribution is 2.30. The van der Waals surface area contributed by atoms with E-state index >= 15 is 0 Å². The van der Waals surface area contributed by atoms with Crippen LogP contribution in [0.5, 0.6) is 0 Å². The van der Waals surface area contributed by atoms with Gasteiger partial charge in [-0.15, -0.1) is 0 Å². The number of aromatic nitrogens is 4. The molecule has 1 atom stereocenters. The first-order valence-corrected chi connectivity index (χ1v) is 13.0. The van der Waals surface area contributed by atoms with E-state index in [1.807, 2.05) is 38.3 Å². The Labute approximate surface area is 221 Å². The molecule has 200 valence electrons. The molecule has 0 radical (unpaired) electrons. The van der Waals surface area contributed by atoms with Gasteiger partial charge in [-0.25, -0.2) is 14.4 Å². The average molecular weight is 530 g/mol. The van der Waals surface area contributed by atoms with Crippen LogP contribution in [-0.2, 0) is 16.1 Å². The van der Waals surface area contributed by atoms with E-state index in [1.165, 1.54) is 17.4 Å². The molecule has 0 saturated heterocycles. The molecule has 0 bridgehead atoms. The zero-order chi connectivity index (χ0) is 27.2. The summed E-state index contributed by atoms with van der Waals surface area (Å²) in [6, 6.07) is 2.53. The van der Waals surface area contributed by atoms with Crippen LogP contribution in [0.2, 0.25) is 0 Å². The van der Waals surface area contributed by atoms with Crippen LogP contribution in [0, 0.1) is 5.82 Å². The Morgan fingerprint density at radius 2 is 2.11 bits per heavy atom. The summed E-state index contributed by atoms with van der Waals surface area (Å²) < 4.78 is 21.1. The van der Waals surface area contributed by atoms with Gasteiger partial charge < -0.3 is 25.3 Å². The average Bonchev–Trinajstić information content (AvgIpc) is 3.52. The molecule has 0 aromatic carbocycles. The maximum atomic E-state index is 14.0. The maximum absolute atomic E-state index is 14.0. The van der Waals surface area contributed by atoms with E-state index in [1.54, 1.807) is 38.0 Å². The molecule has 3 heterocycles. The largest absolute Gasteiger partial charge is 0.383 e. The van der Waals surface area contributed by atoms with Gasteiger partial charge >= 0.3 is 0 Å². The fourth-order valence-corrected chi connectivity index (χ4v) is 4.26. The van der Waals surface area contributed by atoms with Crippen molar-refractivity contribution in [3.63, 3.8) is 0 Å². The van der Waals surface area contributed by atoms with Gasteiger partial charge in [-0.3, -0.25) is 9.78 Å². The molecule has 11 heteroatoms. The van der Waals surface area contributed by atoms with E-state index in [4.69, 9.17) is 4.74 Å². The molecule has 3 aromatic heterocycles. The van der Waals surface area contributed by atoms with E-state index in [2.05, 4.69) is 37.5 Å². The smallest absolute Gasteiger partial charge is 0.239 e. The summed E-state index contributed by atoms with van der Waals surface area (Å²) in [5.74, 6) is -0.503. The number of nitrogens with one attached hydrogen (secondary N) is 3. The lowest BCUT2D eigenvalue weighted by molar-refractivity contribution is -0.124. The number of anilines is 1. The molecule has 3 rings (SSSR count). The van der Waals surface area contributed by atoms with Crippen LogP contribution in [0.1, 0.15) is 39.1 Å². The highest BCUT2D eigenvalue weighted by Gasteiger charge is 2.17. The Balaban J connectivity index is 0.00000235. The molecule has 0 spiro atoms. The predicted molar refractivity (Wildman–Crippen MR) is 149 cm³/mol. The summed E-state index contributed by atoms with van der Waals surface area (Å²) in [5, 5.41) is 9.89. The number of rotatable bonds is 13. The van der Waals surface area contributed by atoms with E-state index in [9.17, 15) is 9.18 Å². The number of thiazole rings is 1. The van der Waals surface area contributed by atoms with Crippen LogP contribution in [0.15, 0.2) is 43.1 Å². The minimum Gasteiger partial charge on any atom is -0.383 e. The SMILES string of the molecule is C=Cc1ncn(CCNC(=O)C(COC)NCC)c1/C=C(\C)Nc1ncc(-c2ncccc2F)s1.CC. The van der Waals surface area contributed by atoms with Crippen molar-refractivity contribution in [2.24, 2.45) is 0 Å². The zero-order valence-corrected chi connectivity index (χ0v) is 22.9. The molecule has 37 heavy (non-hydrogen) atoms. The van der Waals surface area contributed by atoms with Gasteiger partial charge in [0.1, 0.15) is 17.6 Å². The molecule has 9 nitrogen and oxygen atoms in total. The number of imidazole rings is 1. The molecule has 3 aromatic rings. The summed E-state index contributed by atoms with van der Waals surface area (Å²) in [7, 11) is 1.57. The molecular weight excluding hydrogens is 493 g/mol. The molecule has 1 unspecified atom stereocenters. The molecule has 0 aliphatic carbocycles. The molecule has 0 aliphatic rings. The second kappa shape index (κ2) is 15.6. The number of ether oxygens (including phenoxy) is 1. The van der Waals surface area contributed by atoms with Crippen molar-refractivity contribution in [1.82, 2.24) is 30.2 Å². The van der Waals surface area contributed by atoms with Crippen LogP contribution in [0.25, 0.3) is 22.7 Å². The lowest BCUT2D eigenvalue weighted by Gasteiger charge is -2.17. The number of amides is 1. The van der Waals surface area contributed by atoms with Gasteiger partial charge in [0.15, 0.2) is 5.13 Å². The lowest BCUT2D eigenvalue weighted by Crippen LogP contribution is -2.47. The maximum Gasteiger partial charge on any atom is 0.239 e. The Morgan fingerprint density at radius 3 is 2.78 bits per heavy atom. The van der Waals surface area contributed by atoms with Crippen molar-refractivity contribution >= 4 is 34.5 Å². The van der Waals surface area contributed by atoms with Crippen molar-refractivity contribution in [2.75, 3.05) is 32.1 Å². The highest BCUT2D eigenvalue weighted by molar-refractivity contribution is 7.18. The molecule has 0 aliphatic heterocycles. The first-order chi connectivity index (χ1) is 18.0. The second-order valence-electron chi connectivity index (χ2n) is 7.59.